The lowest BCUT2D eigenvalue weighted by Crippen LogP contribution is -2.46. The Morgan fingerprint density at radius 3 is 2.51 bits per heavy atom. The van der Waals surface area contributed by atoms with E-state index >= 15 is 0 Å². The first-order chi connectivity index (χ1) is 20.8. The zero-order valence-electron chi connectivity index (χ0n) is 28.6. The average Bonchev–Trinajstić information content (AvgIpc) is 3.46. The molecule has 242 valence electrons. The van der Waals surface area contributed by atoms with Gasteiger partial charge < -0.3 is 19.4 Å². The third-order valence-electron chi connectivity index (χ3n) is 8.54. The SMILES string of the molecule is CN(CCO[Si](C)(C)C(C)(C)C)C[C@]1(C)CN(C(=O)OC(C)(C)C)c2c(C#N)cc(-c3ccnc(Nc4ccn(C)n4)n3)cc21. The number of aromatic nitrogens is 4. The number of fused-ring (bicyclic) bond motifs is 1. The van der Waals surface area contributed by atoms with Crippen LogP contribution in [0.15, 0.2) is 36.7 Å². The number of rotatable bonds is 9. The largest absolute Gasteiger partial charge is 0.443 e. The molecule has 0 aliphatic carbocycles. The highest BCUT2D eigenvalue weighted by molar-refractivity contribution is 6.74. The third kappa shape index (κ3) is 7.90. The van der Waals surface area contributed by atoms with E-state index < -0.39 is 25.4 Å². The van der Waals surface area contributed by atoms with Gasteiger partial charge in [-0.1, -0.05) is 27.7 Å². The Bertz CT molecular complexity index is 1580. The maximum Gasteiger partial charge on any atom is 0.414 e. The van der Waals surface area contributed by atoms with E-state index in [2.05, 4.69) is 74.2 Å². The zero-order valence-corrected chi connectivity index (χ0v) is 29.6. The molecular formula is C33H48N8O3Si. The fourth-order valence-corrected chi connectivity index (χ4v) is 6.30. The molecule has 1 N–H and O–H groups in total. The van der Waals surface area contributed by atoms with Crippen LogP contribution in [0, 0.1) is 11.3 Å². The fourth-order valence-electron chi connectivity index (χ4n) is 5.26. The van der Waals surface area contributed by atoms with E-state index in [4.69, 9.17) is 14.1 Å². The normalized spacial score (nSPS) is 16.9. The highest BCUT2D eigenvalue weighted by atomic mass is 28.4. The number of amides is 1. The van der Waals surface area contributed by atoms with Crippen LogP contribution in [0.2, 0.25) is 18.1 Å². The number of carbonyl (C=O) groups excluding carboxylic acids is 1. The number of aryl methyl sites for hydroxylation is 1. The van der Waals surface area contributed by atoms with Crippen LogP contribution in [0.3, 0.4) is 0 Å². The van der Waals surface area contributed by atoms with Crippen molar-refractivity contribution in [3.63, 3.8) is 0 Å². The van der Waals surface area contributed by atoms with Crippen molar-refractivity contribution in [2.24, 2.45) is 7.05 Å². The summed E-state index contributed by atoms with van der Waals surface area (Å²) in [6, 6.07) is 9.83. The summed E-state index contributed by atoms with van der Waals surface area (Å²) in [6.07, 6.45) is 3.04. The van der Waals surface area contributed by atoms with Crippen molar-refractivity contribution in [3.8, 4) is 17.3 Å². The molecule has 1 aromatic carbocycles. The van der Waals surface area contributed by atoms with Gasteiger partial charge in [0.15, 0.2) is 14.1 Å². The molecule has 2 aromatic heterocycles. The van der Waals surface area contributed by atoms with Gasteiger partial charge in [0.05, 0.1) is 16.9 Å². The second-order valence-corrected chi connectivity index (χ2v) is 19.6. The number of nitrogens with zero attached hydrogens (tertiary/aromatic N) is 7. The van der Waals surface area contributed by atoms with Crippen LogP contribution >= 0.6 is 0 Å². The van der Waals surface area contributed by atoms with Gasteiger partial charge in [0.2, 0.25) is 5.95 Å². The Kier molecular flexibility index (Phi) is 9.50. The molecule has 0 fully saturated rings. The molecule has 0 saturated heterocycles. The number of hydrogen-bond donors (Lipinski definition) is 1. The molecule has 1 aliphatic heterocycles. The van der Waals surface area contributed by atoms with Gasteiger partial charge in [-0.25, -0.2) is 14.8 Å². The molecular weight excluding hydrogens is 585 g/mol. The van der Waals surface area contributed by atoms with Crippen molar-refractivity contribution in [3.05, 3.63) is 47.8 Å². The van der Waals surface area contributed by atoms with Gasteiger partial charge in [0.1, 0.15) is 11.7 Å². The molecule has 0 unspecified atom stereocenters. The second-order valence-electron chi connectivity index (χ2n) is 14.8. The summed E-state index contributed by atoms with van der Waals surface area (Å²) in [5.74, 6) is 1.02. The van der Waals surface area contributed by atoms with Gasteiger partial charge in [-0.05, 0) is 69.7 Å². The molecule has 1 aliphatic rings. The molecule has 3 heterocycles. The Morgan fingerprint density at radius 2 is 1.91 bits per heavy atom. The molecule has 0 spiro atoms. The number of benzene rings is 1. The first-order valence-corrected chi connectivity index (χ1v) is 18.2. The first-order valence-electron chi connectivity index (χ1n) is 15.3. The minimum atomic E-state index is -1.88. The van der Waals surface area contributed by atoms with E-state index in [0.29, 0.717) is 48.4 Å². The van der Waals surface area contributed by atoms with E-state index in [-0.39, 0.29) is 5.04 Å². The van der Waals surface area contributed by atoms with E-state index in [1.165, 1.54) is 0 Å². The fraction of sp³-hybridized carbons (Fsp3) is 0.545. The van der Waals surface area contributed by atoms with Crippen LogP contribution in [-0.4, -0.2) is 77.9 Å². The smallest absolute Gasteiger partial charge is 0.414 e. The van der Waals surface area contributed by atoms with Crippen LogP contribution in [0.4, 0.5) is 22.2 Å². The number of hydrogen-bond acceptors (Lipinski definition) is 9. The predicted molar refractivity (Wildman–Crippen MR) is 180 cm³/mol. The Labute approximate surface area is 268 Å². The lowest BCUT2D eigenvalue weighted by atomic mass is 9.82. The molecule has 4 rings (SSSR count). The van der Waals surface area contributed by atoms with E-state index in [9.17, 15) is 10.1 Å². The van der Waals surface area contributed by atoms with Crippen molar-refractivity contribution in [1.29, 1.82) is 5.26 Å². The standard InChI is InChI=1S/C33H48N8O3Si/c1-31(2,3)44-30(42)41-22-33(7,21-39(8)16-17-43-45(10,11)32(4,5)6)25-19-23(18-24(20-34)28(25)41)26-12-14-35-29(36-26)37-27-13-15-40(9)38-27/h12-15,18-19H,16-17,21-22H2,1-11H3,(H,35,36,37,38)/t33-/m1/s1. The minimum Gasteiger partial charge on any atom is -0.443 e. The molecule has 45 heavy (non-hydrogen) atoms. The minimum absolute atomic E-state index is 0.133. The summed E-state index contributed by atoms with van der Waals surface area (Å²) in [4.78, 5) is 26.5. The molecule has 1 amide bonds. The zero-order chi connectivity index (χ0) is 33.4. The van der Waals surface area contributed by atoms with Crippen molar-refractivity contribution < 1.29 is 14.0 Å². The van der Waals surface area contributed by atoms with Gasteiger partial charge in [-0.3, -0.25) is 9.58 Å². The molecule has 3 aromatic rings. The molecule has 0 bridgehead atoms. The van der Waals surface area contributed by atoms with E-state index in [1.54, 1.807) is 21.8 Å². The molecule has 11 nitrogen and oxygen atoms in total. The van der Waals surface area contributed by atoms with Crippen LogP contribution in [0.25, 0.3) is 11.3 Å². The van der Waals surface area contributed by atoms with Crippen LogP contribution in [0.1, 0.15) is 59.6 Å². The number of likely N-dealkylation sites (N-methyl/N-ethyl adjacent to an activating group) is 1. The van der Waals surface area contributed by atoms with Gasteiger partial charge >= 0.3 is 6.09 Å². The highest BCUT2D eigenvalue weighted by Crippen LogP contribution is 2.46. The number of carbonyl (C=O) groups is 1. The van der Waals surface area contributed by atoms with Crippen molar-refractivity contribution in [1.82, 2.24) is 24.6 Å². The highest BCUT2D eigenvalue weighted by Gasteiger charge is 2.45. The number of ether oxygens (including phenoxy) is 1. The molecule has 1 atom stereocenters. The summed E-state index contributed by atoms with van der Waals surface area (Å²) in [6.45, 7) is 21.3. The van der Waals surface area contributed by atoms with Gasteiger partial charge in [-0.15, -0.1) is 0 Å². The van der Waals surface area contributed by atoms with Crippen molar-refractivity contribution >= 4 is 31.9 Å². The predicted octanol–water partition coefficient (Wildman–Crippen LogP) is 6.46. The maximum atomic E-state index is 13.5. The van der Waals surface area contributed by atoms with Gasteiger partial charge in [0.25, 0.3) is 0 Å². The van der Waals surface area contributed by atoms with Crippen molar-refractivity contribution in [2.75, 3.05) is 43.5 Å². The lowest BCUT2D eigenvalue weighted by molar-refractivity contribution is 0.0576. The summed E-state index contributed by atoms with van der Waals surface area (Å²) < 4.78 is 14.0. The summed E-state index contributed by atoms with van der Waals surface area (Å²) in [5, 5.41) is 18.0. The lowest BCUT2D eigenvalue weighted by Gasteiger charge is -2.37. The van der Waals surface area contributed by atoms with Crippen LogP contribution < -0.4 is 10.2 Å². The van der Waals surface area contributed by atoms with Gasteiger partial charge in [-0.2, -0.15) is 10.4 Å². The Hall–Kier alpha value is -3.79. The quantitative estimate of drug-likeness (QED) is 0.265. The number of nitriles is 1. The monoisotopic (exact) mass is 632 g/mol. The summed E-state index contributed by atoms with van der Waals surface area (Å²) in [5.41, 5.74) is 2.11. The summed E-state index contributed by atoms with van der Waals surface area (Å²) in [7, 11) is 2.03. The van der Waals surface area contributed by atoms with E-state index in [1.807, 2.05) is 52.2 Å². The summed E-state index contributed by atoms with van der Waals surface area (Å²) >= 11 is 0. The number of anilines is 3. The van der Waals surface area contributed by atoms with Gasteiger partial charge in [0, 0.05) is 62.7 Å². The molecule has 0 radical (unpaired) electrons. The molecule has 12 heteroatoms. The first kappa shape index (κ1) is 34.1. The topological polar surface area (TPSA) is 121 Å². The third-order valence-corrected chi connectivity index (χ3v) is 13.1. The number of nitrogens with one attached hydrogen (secondary N) is 1. The van der Waals surface area contributed by atoms with Crippen molar-refractivity contribution in [2.45, 2.75) is 77.6 Å². The molecule has 0 saturated carbocycles. The van der Waals surface area contributed by atoms with Crippen LogP contribution in [0.5, 0.6) is 0 Å². The van der Waals surface area contributed by atoms with E-state index in [0.717, 1.165) is 17.7 Å². The average molecular weight is 633 g/mol. The Balaban J connectivity index is 1.69. The Morgan fingerprint density at radius 1 is 1.20 bits per heavy atom. The maximum absolute atomic E-state index is 13.5. The van der Waals surface area contributed by atoms with Crippen LogP contribution in [-0.2, 0) is 21.6 Å². The second kappa shape index (κ2) is 12.5.